The Balaban J connectivity index is 1.64. The van der Waals surface area contributed by atoms with Crippen LogP contribution in [-0.2, 0) is 32.1 Å². The average molecular weight is 352 g/mol. The van der Waals surface area contributed by atoms with Crippen LogP contribution in [0.25, 0.3) is 0 Å². The lowest BCUT2D eigenvalue weighted by Crippen LogP contribution is -2.44. The van der Waals surface area contributed by atoms with Crippen LogP contribution < -0.4 is 5.32 Å². The van der Waals surface area contributed by atoms with E-state index >= 15 is 0 Å². The number of hydrogen-bond acceptors (Lipinski definition) is 7. The molecule has 3 heterocycles. The van der Waals surface area contributed by atoms with Gasteiger partial charge in [-0.05, 0) is 0 Å². The zero-order chi connectivity index (χ0) is 17.3. The average Bonchev–Trinajstić information content (AvgIpc) is 3.10. The molecule has 1 aromatic rings. The van der Waals surface area contributed by atoms with Crippen LogP contribution in [0.3, 0.4) is 0 Å². The molecule has 2 aliphatic heterocycles. The molecule has 0 atom stereocenters. The summed E-state index contributed by atoms with van der Waals surface area (Å²) in [6.45, 7) is 0.605. The molecule has 0 saturated carbocycles. The Kier molecular flexibility index (Phi) is 4.47. The molecule has 10 heteroatoms. The second kappa shape index (κ2) is 6.56. The monoisotopic (exact) mass is 352 g/mol. The van der Waals surface area contributed by atoms with Gasteiger partial charge in [-0.2, -0.15) is 0 Å². The first kappa shape index (κ1) is 16.4. The maximum absolute atomic E-state index is 12.4. The first-order valence-corrected chi connectivity index (χ1v) is 8.24. The molecule has 3 rings (SSSR count). The molecule has 9 nitrogen and oxygen atoms in total. The predicted molar refractivity (Wildman–Crippen MR) is 83.2 cm³/mol. The van der Waals surface area contributed by atoms with Crippen LogP contribution >= 0.6 is 11.3 Å². The number of nitrogens with one attached hydrogen (secondary N) is 1. The molecule has 24 heavy (non-hydrogen) atoms. The van der Waals surface area contributed by atoms with E-state index in [-0.39, 0.29) is 37.1 Å². The van der Waals surface area contributed by atoms with Gasteiger partial charge in [0.2, 0.25) is 17.7 Å². The molecule has 0 bridgehead atoms. The predicted octanol–water partition coefficient (Wildman–Crippen LogP) is 0.355. The molecule has 1 aromatic heterocycles. The third-order valence-corrected chi connectivity index (χ3v) is 4.92. The highest BCUT2D eigenvalue weighted by atomic mass is 32.1. The molecule has 4 amide bonds. The number of fused-ring (bicyclic) bond motifs is 1. The van der Waals surface area contributed by atoms with Gasteiger partial charge in [0.05, 0.1) is 19.3 Å². The van der Waals surface area contributed by atoms with Crippen molar-refractivity contribution >= 4 is 40.3 Å². The van der Waals surface area contributed by atoms with E-state index in [0.717, 1.165) is 15.5 Å². The second-order valence-electron chi connectivity index (χ2n) is 5.44. The van der Waals surface area contributed by atoms with Gasteiger partial charge in [0.25, 0.3) is 0 Å². The van der Waals surface area contributed by atoms with E-state index in [1.165, 1.54) is 18.4 Å². The SMILES string of the molecule is COC(=O)Nc1nc2c(s1)CN(C(=O)CN1C(=O)CCC1=O)CC2. The van der Waals surface area contributed by atoms with Crippen molar-refractivity contribution < 1.29 is 23.9 Å². The summed E-state index contributed by atoms with van der Waals surface area (Å²) in [6, 6.07) is 0. The van der Waals surface area contributed by atoms with Gasteiger partial charge in [-0.3, -0.25) is 24.6 Å². The maximum Gasteiger partial charge on any atom is 0.413 e. The summed E-state index contributed by atoms with van der Waals surface area (Å²) in [4.78, 5) is 54.6. The Bertz CT molecular complexity index is 700. The summed E-state index contributed by atoms with van der Waals surface area (Å²) in [5.74, 6) is -0.859. The fourth-order valence-electron chi connectivity index (χ4n) is 2.63. The normalized spacial score (nSPS) is 17.0. The summed E-state index contributed by atoms with van der Waals surface area (Å²) >= 11 is 1.28. The first-order chi connectivity index (χ1) is 11.5. The number of imide groups is 1. The number of ether oxygens (including phenoxy) is 1. The number of anilines is 1. The standard InChI is InChI=1S/C14H16N4O5S/c1-23-14(22)16-13-15-8-4-5-17(6-9(8)24-13)12(21)7-18-10(19)2-3-11(18)20/h2-7H2,1H3,(H,15,16,22). The number of carbonyl (C=O) groups excluding carboxylic acids is 4. The molecule has 1 N–H and O–H groups in total. The molecule has 0 radical (unpaired) electrons. The number of amides is 4. The fourth-order valence-corrected chi connectivity index (χ4v) is 3.64. The van der Waals surface area contributed by atoms with Crippen molar-refractivity contribution in [2.75, 3.05) is 25.5 Å². The number of nitrogens with zero attached hydrogens (tertiary/aromatic N) is 3. The van der Waals surface area contributed by atoms with Crippen molar-refractivity contribution in [2.24, 2.45) is 0 Å². The van der Waals surface area contributed by atoms with E-state index in [0.29, 0.717) is 24.6 Å². The Morgan fingerprint density at radius 3 is 2.62 bits per heavy atom. The van der Waals surface area contributed by atoms with Crippen molar-refractivity contribution in [3.05, 3.63) is 10.6 Å². The van der Waals surface area contributed by atoms with E-state index in [9.17, 15) is 19.2 Å². The lowest BCUT2D eigenvalue weighted by molar-refractivity contribution is -0.145. The van der Waals surface area contributed by atoms with Crippen molar-refractivity contribution in [1.82, 2.24) is 14.8 Å². The Labute approximate surface area is 141 Å². The first-order valence-electron chi connectivity index (χ1n) is 7.42. The van der Waals surface area contributed by atoms with E-state index < -0.39 is 6.09 Å². The van der Waals surface area contributed by atoms with Crippen LogP contribution in [0.4, 0.5) is 9.93 Å². The number of aromatic nitrogens is 1. The number of methoxy groups -OCH3 is 1. The summed E-state index contributed by atoms with van der Waals surface area (Å²) in [5, 5.41) is 2.93. The minimum Gasteiger partial charge on any atom is -0.453 e. The van der Waals surface area contributed by atoms with E-state index in [1.807, 2.05) is 0 Å². The largest absolute Gasteiger partial charge is 0.453 e. The van der Waals surface area contributed by atoms with Gasteiger partial charge in [0, 0.05) is 30.7 Å². The highest BCUT2D eigenvalue weighted by Crippen LogP contribution is 2.28. The molecule has 0 spiro atoms. The summed E-state index contributed by atoms with van der Waals surface area (Å²) in [7, 11) is 1.27. The fraction of sp³-hybridized carbons (Fsp3) is 0.500. The Morgan fingerprint density at radius 1 is 1.25 bits per heavy atom. The minimum atomic E-state index is -0.597. The van der Waals surface area contributed by atoms with Crippen molar-refractivity contribution in [3.63, 3.8) is 0 Å². The molecule has 0 aliphatic carbocycles. The van der Waals surface area contributed by atoms with E-state index in [1.54, 1.807) is 4.90 Å². The highest BCUT2D eigenvalue weighted by Gasteiger charge is 2.33. The molecule has 1 saturated heterocycles. The second-order valence-corrected chi connectivity index (χ2v) is 6.53. The minimum absolute atomic E-state index is 0.174. The van der Waals surface area contributed by atoms with Crippen molar-refractivity contribution in [2.45, 2.75) is 25.8 Å². The topological polar surface area (TPSA) is 109 Å². The van der Waals surface area contributed by atoms with Crippen LogP contribution in [0.15, 0.2) is 0 Å². The number of carbonyl (C=O) groups is 4. The van der Waals surface area contributed by atoms with Gasteiger partial charge in [-0.25, -0.2) is 9.78 Å². The third kappa shape index (κ3) is 3.23. The molecule has 2 aliphatic rings. The van der Waals surface area contributed by atoms with Gasteiger partial charge < -0.3 is 9.64 Å². The van der Waals surface area contributed by atoms with Crippen LogP contribution in [0.1, 0.15) is 23.4 Å². The maximum atomic E-state index is 12.4. The molecule has 0 unspecified atom stereocenters. The lowest BCUT2D eigenvalue weighted by atomic mass is 10.2. The third-order valence-electron chi connectivity index (χ3n) is 3.93. The van der Waals surface area contributed by atoms with E-state index in [4.69, 9.17) is 0 Å². The van der Waals surface area contributed by atoms with Gasteiger partial charge in [-0.15, -0.1) is 0 Å². The number of thiazole rings is 1. The number of likely N-dealkylation sites (tertiary alicyclic amines) is 1. The van der Waals surface area contributed by atoms with Crippen LogP contribution in [0.2, 0.25) is 0 Å². The quantitative estimate of drug-likeness (QED) is 0.787. The number of rotatable bonds is 3. The van der Waals surface area contributed by atoms with E-state index in [2.05, 4.69) is 15.0 Å². The van der Waals surface area contributed by atoms with Crippen LogP contribution in [-0.4, -0.2) is 58.8 Å². The van der Waals surface area contributed by atoms with Gasteiger partial charge >= 0.3 is 6.09 Å². The molecular weight excluding hydrogens is 336 g/mol. The summed E-state index contributed by atoms with van der Waals surface area (Å²) < 4.78 is 4.52. The van der Waals surface area contributed by atoms with Crippen LogP contribution in [0.5, 0.6) is 0 Å². The zero-order valence-electron chi connectivity index (χ0n) is 13.0. The Morgan fingerprint density at radius 2 is 1.96 bits per heavy atom. The van der Waals surface area contributed by atoms with Gasteiger partial charge in [0.15, 0.2) is 5.13 Å². The zero-order valence-corrected chi connectivity index (χ0v) is 13.9. The van der Waals surface area contributed by atoms with Crippen molar-refractivity contribution in [1.29, 1.82) is 0 Å². The number of hydrogen-bond donors (Lipinski definition) is 1. The molecule has 128 valence electrons. The summed E-state index contributed by atoms with van der Waals surface area (Å²) in [6.07, 6.45) is 0.309. The van der Waals surface area contributed by atoms with Gasteiger partial charge in [0.1, 0.15) is 6.54 Å². The van der Waals surface area contributed by atoms with Gasteiger partial charge in [-0.1, -0.05) is 11.3 Å². The van der Waals surface area contributed by atoms with Crippen molar-refractivity contribution in [3.8, 4) is 0 Å². The molecule has 1 fully saturated rings. The summed E-state index contributed by atoms with van der Waals surface area (Å²) in [5.41, 5.74) is 0.837. The lowest BCUT2D eigenvalue weighted by Gasteiger charge is -2.27. The smallest absolute Gasteiger partial charge is 0.413 e. The Hall–Kier alpha value is -2.49. The molecule has 0 aromatic carbocycles. The van der Waals surface area contributed by atoms with Crippen LogP contribution in [0, 0.1) is 0 Å². The molecular formula is C14H16N4O5S. The highest BCUT2D eigenvalue weighted by molar-refractivity contribution is 7.15.